The fourth-order valence-corrected chi connectivity index (χ4v) is 6.10. The number of carbonyl (C=O) groups excluding carboxylic acids is 2. The molecule has 280 valence electrons. The van der Waals surface area contributed by atoms with Gasteiger partial charge in [0.2, 0.25) is 0 Å². The van der Waals surface area contributed by atoms with Gasteiger partial charge < -0.3 is 24.2 Å². The minimum atomic E-state index is -0.618. The summed E-state index contributed by atoms with van der Waals surface area (Å²) in [5, 5.41) is 9.45. The van der Waals surface area contributed by atoms with Gasteiger partial charge in [-0.3, -0.25) is 9.69 Å². The SMILES string of the molecule is CCCCCCCCC(CCCCCC)COC(=O)CCCCC(CCCCCC)OC(=O)OCCN(CCO)CCN(CC)CC. The number of rotatable bonds is 35. The normalized spacial score (nSPS) is 12.9. The molecule has 0 aromatic heterocycles. The number of aliphatic hydroxyl groups excluding tert-OH is 1. The maximum absolute atomic E-state index is 12.6. The first-order valence-corrected chi connectivity index (χ1v) is 20.0. The summed E-state index contributed by atoms with van der Waals surface area (Å²) >= 11 is 0. The molecule has 0 aliphatic rings. The molecule has 0 rings (SSSR count). The highest BCUT2D eigenvalue weighted by Gasteiger charge is 2.17. The number of esters is 1. The second-order valence-electron chi connectivity index (χ2n) is 13.5. The lowest BCUT2D eigenvalue weighted by Gasteiger charge is -2.25. The van der Waals surface area contributed by atoms with Crippen molar-refractivity contribution in [2.24, 2.45) is 5.92 Å². The van der Waals surface area contributed by atoms with E-state index in [4.69, 9.17) is 14.2 Å². The number of carbonyl (C=O) groups is 2. The van der Waals surface area contributed by atoms with Crippen LogP contribution in [0.2, 0.25) is 0 Å². The molecular weight excluding hydrogens is 592 g/mol. The first-order chi connectivity index (χ1) is 22.9. The molecule has 0 fully saturated rings. The fourth-order valence-electron chi connectivity index (χ4n) is 6.10. The topological polar surface area (TPSA) is 88.5 Å². The van der Waals surface area contributed by atoms with Crippen LogP contribution in [0.1, 0.15) is 169 Å². The average molecular weight is 671 g/mol. The van der Waals surface area contributed by atoms with Crippen LogP contribution in [-0.2, 0) is 19.0 Å². The summed E-state index contributed by atoms with van der Waals surface area (Å²) in [5.41, 5.74) is 0. The lowest BCUT2D eigenvalue weighted by atomic mass is 9.95. The van der Waals surface area contributed by atoms with Gasteiger partial charge in [-0.25, -0.2) is 4.79 Å². The van der Waals surface area contributed by atoms with Gasteiger partial charge in [-0.1, -0.05) is 118 Å². The molecule has 0 amide bonds. The highest BCUT2D eigenvalue weighted by atomic mass is 16.7. The molecule has 0 aliphatic heterocycles. The first kappa shape index (κ1) is 45.6. The first-order valence-electron chi connectivity index (χ1n) is 20.0. The van der Waals surface area contributed by atoms with Crippen LogP contribution in [0.3, 0.4) is 0 Å². The number of unbranched alkanes of at least 4 members (excludes halogenated alkanes) is 12. The molecule has 8 nitrogen and oxygen atoms in total. The van der Waals surface area contributed by atoms with E-state index >= 15 is 0 Å². The van der Waals surface area contributed by atoms with E-state index in [1.165, 1.54) is 70.6 Å². The Bertz CT molecular complexity index is 690. The molecule has 2 atom stereocenters. The summed E-state index contributed by atoms with van der Waals surface area (Å²) in [7, 11) is 0. The molecule has 0 spiro atoms. The Hall–Kier alpha value is -1.38. The summed E-state index contributed by atoms with van der Waals surface area (Å²) in [5.74, 6) is 0.381. The number of likely N-dealkylation sites (N-methyl/N-ethyl adjacent to an activating group) is 1. The molecular formula is C39H78N2O6. The van der Waals surface area contributed by atoms with Crippen LogP contribution >= 0.6 is 0 Å². The zero-order valence-corrected chi connectivity index (χ0v) is 31.8. The predicted molar refractivity (Wildman–Crippen MR) is 196 cm³/mol. The largest absolute Gasteiger partial charge is 0.508 e. The van der Waals surface area contributed by atoms with Crippen LogP contribution in [-0.4, -0.2) is 92.2 Å². The van der Waals surface area contributed by atoms with E-state index in [1.807, 2.05) is 0 Å². The van der Waals surface area contributed by atoms with E-state index in [2.05, 4.69) is 44.4 Å². The zero-order valence-electron chi connectivity index (χ0n) is 31.8. The molecule has 0 aliphatic carbocycles. The zero-order chi connectivity index (χ0) is 34.8. The molecule has 0 radical (unpaired) electrons. The maximum Gasteiger partial charge on any atom is 0.508 e. The van der Waals surface area contributed by atoms with E-state index in [9.17, 15) is 14.7 Å². The van der Waals surface area contributed by atoms with Crippen molar-refractivity contribution in [3.8, 4) is 0 Å². The van der Waals surface area contributed by atoms with Gasteiger partial charge in [0.1, 0.15) is 12.7 Å². The lowest BCUT2D eigenvalue weighted by Crippen LogP contribution is -2.38. The Kier molecular flexibility index (Phi) is 33.5. The fraction of sp³-hybridized carbons (Fsp3) is 0.949. The Labute approximate surface area is 291 Å². The summed E-state index contributed by atoms with van der Waals surface area (Å²) in [4.78, 5) is 29.7. The summed E-state index contributed by atoms with van der Waals surface area (Å²) < 4.78 is 17.0. The van der Waals surface area contributed by atoms with E-state index < -0.39 is 6.16 Å². The van der Waals surface area contributed by atoms with Gasteiger partial charge in [-0.15, -0.1) is 0 Å². The van der Waals surface area contributed by atoms with E-state index in [-0.39, 0.29) is 25.3 Å². The molecule has 0 aromatic carbocycles. The van der Waals surface area contributed by atoms with Crippen LogP contribution in [0.25, 0.3) is 0 Å². The lowest BCUT2D eigenvalue weighted by molar-refractivity contribution is -0.145. The minimum absolute atomic E-state index is 0.0783. The third kappa shape index (κ3) is 29.3. The second-order valence-corrected chi connectivity index (χ2v) is 13.5. The highest BCUT2D eigenvalue weighted by Crippen LogP contribution is 2.20. The molecule has 47 heavy (non-hydrogen) atoms. The Morgan fingerprint density at radius 2 is 1.09 bits per heavy atom. The van der Waals surface area contributed by atoms with Crippen molar-refractivity contribution in [1.29, 1.82) is 0 Å². The summed E-state index contributed by atoms with van der Waals surface area (Å²) in [6.07, 6.45) is 22.3. The van der Waals surface area contributed by atoms with Gasteiger partial charge >= 0.3 is 12.1 Å². The van der Waals surface area contributed by atoms with Crippen molar-refractivity contribution < 1.29 is 28.9 Å². The standard InChI is InChI=1S/C39H78N2O6/c1-6-11-14-17-18-20-25-36(24-19-15-12-7-2)35-46-38(43)28-23-22-27-37(26-21-16-13-8-3)47-39(44)45-34-32-41(31-33-42)30-29-40(9-4)10-5/h36-37,42H,6-35H2,1-5H3. The van der Waals surface area contributed by atoms with Crippen LogP contribution in [0, 0.1) is 5.92 Å². The molecule has 1 N–H and O–H groups in total. The molecule has 0 saturated heterocycles. The van der Waals surface area contributed by atoms with Crippen LogP contribution < -0.4 is 0 Å². The highest BCUT2D eigenvalue weighted by molar-refractivity contribution is 5.69. The molecule has 8 heteroatoms. The van der Waals surface area contributed by atoms with E-state index in [0.717, 1.165) is 84.0 Å². The molecule has 0 bridgehead atoms. The third-order valence-electron chi connectivity index (χ3n) is 9.38. The Morgan fingerprint density at radius 3 is 1.66 bits per heavy atom. The van der Waals surface area contributed by atoms with Crippen LogP contribution in [0.15, 0.2) is 0 Å². The molecule has 0 aromatic rings. The number of ether oxygens (including phenoxy) is 3. The monoisotopic (exact) mass is 671 g/mol. The summed E-state index contributed by atoms with van der Waals surface area (Å²) in [6.45, 7) is 16.7. The third-order valence-corrected chi connectivity index (χ3v) is 9.38. The van der Waals surface area contributed by atoms with Crippen molar-refractivity contribution in [2.45, 2.75) is 176 Å². The smallest absolute Gasteiger partial charge is 0.465 e. The van der Waals surface area contributed by atoms with E-state index in [0.29, 0.717) is 32.0 Å². The maximum atomic E-state index is 12.6. The van der Waals surface area contributed by atoms with Crippen molar-refractivity contribution >= 4 is 12.1 Å². The summed E-state index contributed by atoms with van der Waals surface area (Å²) in [6, 6.07) is 0. The van der Waals surface area contributed by atoms with E-state index in [1.54, 1.807) is 0 Å². The van der Waals surface area contributed by atoms with Crippen LogP contribution in [0.4, 0.5) is 4.79 Å². The van der Waals surface area contributed by atoms with Gasteiger partial charge in [0.25, 0.3) is 0 Å². The molecule has 2 unspecified atom stereocenters. The average Bonchev–Trinajstić information content (AvgIpc) is 3.07. The van der Waals surface area contributed by atoms with Gasteiger partial charge in [-0.05, 0) is 64.0 Å². The molecule has 0 heterocycles. The van der Waals surface area contributed by atoms with Crippen molar-refractivity contribution in [3.05, 3.63) is 0 Å². The number of hydrogen-bond donors (Lipinski definition) is 1. The Morgan fingerprint density at radius 1 is 0.574 bits per heavy atom. The quantitative estimate of drug-likeness (QED) is 0.0527. The van der Waals surface area contributed by atoms with Crippen molar-refractivity contribution in [3.63, 3.8) is 0 Å². The van der Waals surface area contributed by atoms with Gasteiger partial charge in [0.05, 0.1) is 13.2 Å². The van der Waals surface area contributed by atoms with Gasteiger partial charge in [0.15, 0.2) is 0 Å². The molecule has 0 saturated carbocycles. The van der Waals surface area contributed by atoms with Gasteiger partial charge in [-0.2, -0.15) is 0 Å². The van der Waals surface area contributed by atoms with Crippen molar-refractivity contribution in [1.82, 2.24) is 9.80 Å². The van der Waals surface area contributed by atoms with Crippen LogP contribution in [0.5, 0.6) is 0 Å². The number of aliphatic hydroxyl groups is 1. The van der Waals surface area contributed by atoms with Crippen molar-refractivity contribution in [2.75, 3.05) is 59.1 Å². The second kappa shape index (κ2) is 34.5. The number of hydrogen-bond acceptors (Lipinski definition) is 8. The number of nitrogens with zero attached hydrogens (tertiary/aromatic N) is 2. The van der Waals surface area contributed by atoms with Gasteiger partial charge in [0, 0.05) is 32.6 Å². The Balaban J connectivity index is 4.61. The minimum Gasteiger partial charge on any atom is -0.465 e. The predicted octanol–water partition coefficient (Wildman–Crippen LogP) is 9.56.